The van der Waals surface area contributed by atoms with E-state index in [1.54, 1.807) is 36.4 Å². The van der Waals surface area contributed by atoms with E-state index in [9.17, 15) is 19.2 Å². The summed E-state index contributed by atoms with van der Waals surface area (Å²) in [6.45, 7) is 0. The third kappa shape index (κ3) is 3.34. The Morgan fingerprint density at radius 1 is 0.759 bits per heavy atom. The van der Waals surface area contributed by atoms with Crippen LogP contribution >= 0.6 is 31.9 Å². The summed E-state index contributed by atoms with van der Waals surface area (Å²) in [6.07, 6.45) is 0.0754. The molecule has 6 nitrogen and oxygen atoms in total. The van der Waals surface area contributed by atoms with Crippen molar-refractivity contribution in [2.24, 2.45) is 5.41 Å². The summed E-state index contributed by atoms with van der Waals surface area (Å²) in [7, 11) is 0. The zero-order valence-corrected chi connectivity index (χ0v) is 18.2. The average Bonchev–Trinajstić information content (AvgIpc) is 2.66. The highest BCUT2D eigenvalue weighted by Crippen LogP contribution is 2.55. The molecule has 2 aromatic rings. The molecule has 2 unspecified atom stereocenters. The first kappa shape index (κ1) is 20.0. The number of hydrogen-bond donors (Lipinski definition) is 2. The number of benzene rings is 2. The number of amides is 4. The molecule has 0 radical (unpaired) electrons. The van der Waals surface area contributed by atoms with Gasteiger partial charge in [-0.15, -0.1) is 0 Å². The third-order valence-electron chi connectivity index (χ3n) is 5.67. The van der Waals surface area contributed by atoms with Crippen LogP contribution in [0.15, 0.2) is 57.5 Å². The molecule has 0 aromatic heterocycles. The maximum absolute atomic E-state index is 13.3. The smallest absolute Gasteiger partial charge is 0.300 e. The van der Waals surface area contributed by atoms with Crippen molar-refractivity contribution in [2.45, 2.75) is 24.7 Å². The van der Waals surface area contributed by atoms with Crippen LogP contribution < -0.4 is 10.6 Å². The topological polar surface area (TPSA) is 92.3 Å². The highest BCUT2D eigenvalue weighted by Gasteiger charge is 2.63. The number of halogens is 2. The van der Waals surface area contributed by atoms with Gasteiger partial charge in [-0.3, -0.25) is 25.0 Å². The molecule has 2 N–H and O–H groups in total. The van der Waals surface area contributed by atoms with Gasteiger partial charge in [0.1, 0.15) is 11.2 Å². The third-order valence-corrected chi connectivity index (χ3v) is 6.66. The molecule has 4 rings (SSSR count). The molecule has 148 valence electrons. The lowest BCUT2D eigenvalue weighted by Gasteiger charge is -2.48. The Bertz CT molecular complexity index is 973. The molecule has 2 fully saturated rings. The van der Waals surface area contributed by atoms with Gasteiger partial charge in [0.2, 0.25) is 11.8 Å². The minimum absolute atomic E-state index is 0.0377. The number of barbiturate groups is 1. The summed E-state index contributed by atoms with van der Waals surface area (Å²) in [6, 6.07) is 13.6. The Morgan fingerprint density at radius 3 is 1.62 bits per heavy atom. The van der Waals surface area contributed by atoms with Crippen molar-refractivity contribution in [3.63, 3.8) is 0 Å². The van der Waals surface area contributed by atoms with Gasteiger partial charge < -0.3 is 0 Å². The van der Waals surface area contributed by atoms with Gasteiger partial charge in [0.05, 0.1) is 0 Å². The van der Waals surface area contributed by atoms with Crippen molar-refractivity contribution >= 4 is 55.5 Å². The van der Waals surface area contributed by atoms with Gasteiger partial charge in [-0.2, -0.15) is 0 Å². The molecule has 4 amide bonds. The number of nitrogens with one attached hydrogen (secondary N) is 2. The standard InChI is InChI=1S/C21H16Br2N2O4/c22-13-5-1-3-11(7-13)16-9-15(26)10-17(12-4-2-6-14(23)8-12)21(16)18(27)24-20(29)25-19(21)28/h1-8,16-17H,9-10H2,(H2,24,25,27,28,29). The molecule has 8 heteroatoms. The Hall–Kier alpha value is -2.32. The molecule has 1 aliphatic heterocycles. The molecule has 2 atom stereocenters. The summed E-state index contributed by atoms with van der Waals surface area (Å²) in [5.74, 6) is -2.80. The minimum atomic E-state index is -1.62. The molecule has 1 saturated heterocycles. The van der Waals surface area contributed by atoms with Gasteiger partial charge in [0.25, 0.3) is 0 Å². The van der Waals surface area contributed by atoms with E-state index < -0.39 is 35.1 Å². The van der Waals surface area contributed by atoms with E-state index in [2.05, 4.69) is 42.5 Å². The lowest BCUT2D eigenvalue weighted by molar-refractivity contribution is -0.151. The van der Waals surface area contributed by atoms with Crippen LogP contribution in [0.25, 0.3) is 0 Å². The van der Waals surface area contributed by atoms with Crippen LogP contribution in [-0.2, 0) is 14.4 Å². The van der Waals surface area contributed by atoms with Crippen LogP contribution in [0.1, 0.15) is 35.8 Å². The average molecular weight is 520 g/mol. The van der Waals surface area contributed by atoms with Crippen molar-refractivity contribution in [1.82, 2.24) is 10.6 Å². The summed E-state index contributed by atoms with van der Waals surface area (Å²) < 4.78 is 1.55. The molecule has 1 spiro atoms. The fourth-order valence-corrected chi connectivity index (χ4v) is 5.33. The van der Waals surface area contributed by atoms with Crippen LogP contribution in [0.3, 0.4) is 0 Å². The largest absolute Gasteiger partial charge is 0.328 e. The fourth-order valence-electron chi connectivity index (χ4n) is 4.49. The zero-order chi connectivity index (χ0) is 20.8. The lowest BCUT2D eigenvalue weighted by atomic mass is 9.54. The van der Waals surface area contributed by atoms with E-state index >= 15 is 0 Å². The second-order valence-corrected chi connectivity index (χ2v) is 9.10. The Morgan fingerprint density at radius 2 is 1.21 bits per heavy atom. The van der Waals surface area contributed by atoms with Crippen molar-refractivity contribution < 1.29 is 19.2 Å². The fraction of sp³-hybridized carbons (Fsp3) is 0.238. The molecule has 2 aliphatic rings. The minimum Gasteiger partial charge on any atom is -0.300 e. The molecule has 1 saturated carbocycles. The number of Topliss-reactive ketones (excluding diaryl/α,β-unsaturated/α-hetero) is 1. The van der Waals surface area contributed by atoms with Crippen molar-refractivity contribution in [3.8, 4) is 0 Å². The van der Waals surface area contributed by atoms with Crippen LogP contribution in [0.4, 0.5) is 4.79 Å². The number of hydrogen-bond acceptors (Lipinski definition) is 4. The first-order valence-corrected chi connectivity index (χ1v) is 10.6. The van der Waals surface area contributed by atoms with E-state index in [0.29, 0.717) is 11.1 Å². The number of carbonyl (C=O) groups is 4. The van der Waals surface area contributed by atoms with Gasteiger partial charge >= 0.3 is 6.03 Å². The van der Waals surface area contributed by atoms with Crippen LogP contribution in [0.2, 0.25) is 0 Å². The molecule has 0 bridgehead atoms. The zero-order valence-electron chi connectivity index (χ0n) is 15.1. The van der Waals surface area contributed by atoms with Crippen LogP contribution in [0, 0.1) is 5.41 Å². The quantitative estimate of drug-likeness (QED) is 0.590. The van der Waals surface area contributed by atoms with Gasteiger partial charge in [-0.25, -0.2) is 4.79 Å². The highest BCUT2D eigenvalue weighted by atomic mass is 79.9. The summed E-state index contributed by atoms with van der Waals surface area (Å²) >= 11 is 6.84. The second-order valence-electron chi connectivity index (χ2n) is 7.27. The molecular weight excluding hydrogens is 504 g/mol. The number of rotatable bonds is 2. The van der Waals surface area contributed by atoms with E-state index in [1.165, 1.54) is 0 Å². The Labute approximate surface area is 183 Å². The Kier molecular flexibility index (Phi) is 5.16. The summed E-state index contributed by atoms with van der Waals surface area (Å²) in [4.78, 5) is 51.2. The molecular formula is C21H16Br2N2O4. The Balaban J connectivity index is 1.96. The molecule has 1 heterocycles. The predicted molar refractivity (Wildman–Crippen MR) is 112 cm³/mol. The van der Waals surface area contributed by atoms with Gasteiger partial charge in [-0.05, 0) is 35.4 Å². The van der Waals surface area contributed by atoms with E-state index in [0.717, 1.165) is 8.95 Å². The summed E-state index contributed by atoms with van der Waals surface area (Å²) in [5.41, 5.74) is -0.247. The highest BCUT2D eigenvalue weighted by molar-refractivity contribution is 9.10. The first-order valence-electron chi connectivity index (χ1n) is 9.02. The van der Waals surface area contributed by atoms with E-state index in [-0.39, 0.29) is 18.6 Å². The van der Waals surface area contributed by atoms with Crippen LogP contribution in [-0.4, -0.2) is 23.6 Å². The second kappa shape index (κ2) is 7.50. The maximum atomic E-state index is 13.3. The SMILES string of the molecule is O=C1CC(c2cccc(Br)c2)C2(C(=O)NC(=O)NC2=O)C(c2cccc(Br)c2)C1. The van der Waals surface area contributed by atoms with Crippen molar-refractivity contribution in [3.05, 3.63) is 68.6 Å². The van der Waals surface area contributed by atoms with E-state index in [4.69, 9.17) is 0 Å². The molecule has 1 aliphatic carbocycles. The van der Waals surface area contributed by atoms with Crippen molar-refractivity contribution in [1.29, 1.82) is 0 Å². The first-order chi connectivity index (χ1) is 13.8. The van der Waals surface area contributed by atoms with E-state index in [1.807, 2.05) is 12.1 Å². The van der Waals surface area contributed by atoms with Gasteiger partial charge in [-0.1, -0.05) is 56.1 Å². The summed E-state index contributed by atoms with van der Waals surface area (Å²) in [5, 5.41) is 4.54. The number of imide groups is 2. The monoisotopic (exact) mass is 518 g/mol. The normalized spacial score (nSPS) is 23.7. The van der Waals surface area contributed by atoms with Gasteiger partial charge in [0, 0.05) is 33.6 Å². The van der Waals surface area contributed by atoms with Gasteiger partial charge in [0.15, 0.2) is 0 Å². The number of carbonyl (C=O) groups excluding carboxylic acids is 4. The maximum Gasteiger partial charge on any atom is 0.328 e. The van der Waals surface area contributed by atoms with Crippen molar-refractivity contribution in [2.75, 3.05) is 0 Å². The molecule has 2 aromatic carbocycles. The lowest BCUT2D eigenvalue weighted by Crippen LogP contribution is -2.67. The number of ketones is 1. The van der Waals surface area contributed by atoms with Crippen LogP contribution in [0.5, 0.6) is 0 Å². The predicted octanol–water partition coefficient (Wildman–Crippen LogP) is 3.79. The molecule has 29 heavy (non-hydrogen) atoms. The number of urea groups is 1.